The maximum absolute atomic E-state index is 4.82. The van der Waals surface area contributed by atoms with Crippen LogP contribution < -0.4 is 5.32 Å². The van der Waals surface area contributed by atoms with E-state index in [1.54, 1.807) is 0 Å². The first-order valence-corrected chi connectivity index (χ1v) is 6.11. The van der Waals surface area contributed by atoms with Crippen molar-refractivity contribution in [3.8, 4) is 0 Å². The molecule has 0 amide bonds. The molecule has 1 aromatic heterocycles. The van der Waals surface area contributed by atoms with E-state index in [1.165, 1.54) is 42.9 Å². The summed E-state index contributed by atoms with van der Waals surface area (Å²) in [6.45, 7) is 4.38. The number of H-pyrrole nitrogens is 1. The maximum Gasteiger partial charge on any atom is 0.109 e. The molecule has 3 rings (SSSR count). The van der Waals surface area contributed by atoms with Crippen molar-refractivity contribution in [3.63, 3.8) is 0 Å². The van der Waals surface area contributed by atoms with Gasteiger partial charge < -0.3 is 10.3 Å². The van der Waals surface area contributed by atoms with E-state index < -0.39 is 0 Å². The van der Waals surface area contributed by atoms with Gasteiger partial charge in [-0.15, -0.1) is 0 Å². The Balaban J connectivity index is 1.83. The maximum atomic E-state index is 4.82. The second-order valence-corrected chi connectivity index (χ2v) is 4.97. The zero-order valence-electron chi connectivity index (χ0n) is 9.34. The van der Waals surface area contributed by atoms with Crippen molar-refractivity contribution >= 4 is 0 Å². The van der Waals surface area contributed by atoms with E-state index in [0.29, 0.717) is 11.8 Å². The first kappa shape index (κ1) is 9.40. The zero-order chi connectivity index (χ0) is 10.3. The van der Waals surface area contributed by atoms with Gasteiger partial charge in [0.2, 0.25) is 0 Å². The van der Waals surface area contributed by atoms with E-state index in [0.717, 1.165) is 13.1 Å². The molecular weight excluding hydrogens is 186 g/mol. The predicted octanol–water partition coefficient (Wildman–Crippen LogP) is 2.06. The number of hydrogen-bond acceptors (Lipinski definition) is 2. The molecule has 0 bridgehead atoms. The Morgan fingerprint density at radius 2 is 1.87 bits per heavy atom. The van der Waals surface area contributed by atoms with Crippen LogP contribution in [0.5, 0.6) is 0 Å². The van der Waals surface area contributed by atoms with Crippen LogP contribution in [0.4, 0.5) is 0 Å². The fraction of sp³-hybridized carbons (Fsp3) is 0.750. The second-order valence-electron chi connectivity index (χ2n) is 4.97. The summed E-state index contributed by atoms with van der Waals surface area (Å²) in [7, 11) is 0. The van der Waals surface area contributed by atoms with Crippen molar-refractivity contribution < 1.29 is 0 Å². The largest absolute Gasteiger partial charge is 0.346 e. The number of nitrogens with zero attached hydrogens (tertiary/aromatic N) is 1. The van der Waals surface area contributed by atoms with E-state index in [1.807, 2.05) is 0 Å². The topological polar surface area (TPSA) is 40.7 Å². The van der Waals surface area contributed by atoms with Crippen LogP contribution in [-0.2, 0) is 0 Å². The van der Waals surface area contributed by atoms with E-state index in [4.69, 9.17) is 4.98 Å². The fourth-order valence-electron chi connectivity index (χ4n) is 2.77. The van der Waals surface area contributed by atoms with E-state index in [2.05, 4.69) is 17.2 Å². The third kappa shape index (κ3) is 1.59. The summed E-state index contributed by atoms with van der Waals surface area (Å²) in [6.07, 6.45) is 5.42. The molecule has 1 aliphatic carbocycles. The Hall–Kier alpha value is -0.830. The molecule has 0 radical (unpaired) electrons. The highest BCUT2D eigenvalue weighted by molar-refractivity contribution is 5.22. The van der Waals surface area contributed by atoms with Crippen LogP contribution in [0.25, 0.3) is 0 Å². The van der Waals surface area contributed by atoms with Crippen LogP contribution in [-0.4, -0.2) is 23.1 Å². The lowest BCUT2D eigenvalue weighted by Crippen LogP contribution is -2.40. The Morgan fingerprint density at radius 3 is 2.47 bits per heavy atom. The molecule has 2 heterocycles. The molecule has 3 nitrogen and oxygen atoms in total. The minimum Gasteiger partial charge on any atom is -0.346 e. The Bertz CT molecular complexity index is 346. The first-order valence-electron chi connectivity index (χ1n) is 6.11. The highest BCUT2D eigenvalue weighted by atomic mass is 15.0. The lowest BCUT2D eigenvalue weighted by atomic mass is 9.98. The predicted molar refractivity (Wildman–Crippen MR) is 60.1 cm³/mol. The number of nitrogens with one attached hydrogen (secondary N) is 2. The Kier molecular flexibility index (Phi) is 2.28. The first-order chi connectivity index (χ1) is 7.34. The van der Waals surface area contributed by atoms with Gasteiger partial charge in [0.1, 0.15) is 5.82 Å². The molecule has 2 fully saturated rings. The Morgan fingerprint density at radius 1 is 1.13 bits per heavy atom. The molecule has 2 aliphatic rings. The monoisotopic (exact) mass is 205 g/mol. The number of rotatable bonds is 2. The van der Waals surface area contributed by atoms with E-state index >= 15 is 0 Å². The molecule has 2 N–H and O–H groups in total. The van der Waals surface area contributed by atoms with Gasteiger partial charge in [-0.3, -0.25) is 0 Å². The molecule has 82 valence electrons. The molecule has 0 aromatic carbocycles. The van der Waals surface area contributed by atoms with Crippen LogP contribution in [0, 0.1) is 6.92 Å². The normalized spacial score (nSPS) is 23.3. The summed E-state index contributed by atoms with van der Waals surface area (Å²) in [5.41, 5.74) is 2.61. The molecule has 1 aliphatic heterocycles. The minimum atomic E-state index is 0.663. The van der Waals surface area contributed by atoms with Gasteiger partial charge in [-0.05, 0) is 19.8 Å². The van der Waals surface area contributed by atoms with Gasteiger partial charge in [0, 0.05) is 30.6 Å². The standard InChI is InChI=1S/C12H19N3/c1-8-11(10-6-13-7-10)15-12(14-8)9-4-2-3-5-9/h9-10,13H,2-7H2,1H3,(H,14,15). The third-order valence-electron chi connectivity index (χ3n) is 3.85. The number of aryl methyl sites for hydroxylation is 1. The van der Waals surface area contributed by atoms with Gasteiger partial charge in [0.25, 0.3) is 0 Å². The quantitative estimate of drug-likeness (QED) is 0.776. The van der Waals surface area contributed by atoms with Crippen molar-refractivity contribution in [2.45, 2.75) is 44.4 Å². The summed E-state index contributed by atoms with van der Waals surface area (Å²) in [4.78, 5) is 8.32. The van der Waals surface area contributed by atoms with E-state index in [9.17, 15) is 0 Å². The minimum absolute atomic E-state index is 0.663. The van der Waals surface area contributed by atoms with Crippen LogP contribution in [0.3, 0.4) is 0 Å². The van der Waals surface area contributed by atoms with Gasteiger partial charge in [0.15, 0.2) is 0 Å². The highest BCUT2D eigenvalue weighted by Gasteiger charge is 2.26. The lowest BCUT2D eigenvalue weighted by Gasteiger charge is -2.25. The van der Waals surface area contributed by atoms with Gasteiger partial charge in [0.05, 0.1) is 5.69 Å². The number of hydrogen-bond donors (Lipinski definition) is 2. The van der Waals surface area contributed by atoms with Crippen LogP contribution in [0.15, 0.2) is 0 Å². The lowest BCUT2D eigenvalue weighted by molar-refractivity contribution is 0.438. The molecule has 3 heteroatoms. The second kappa shape index (κ2) is 3.63. The molecule has 1 saturated heterocycles. The van der Waals surface area contributed by atoms with Crippen molar-refractivity contribution in [2.24, 2.45) is 0 Å². The highest BCUT2D eigenvalue weighted by Crippen LogP contribution is 2.34. The molecule has 1 saturated carbocycles. The van der Waals surface area contributed by atoms with Crippen LogP contribution in [0.2, 0.25) is 0 Å². The SMILES string of the molecule is Cc1[nH]c(C2CCCC2)nc1C1CNC1. The fourth-order valence-corrected chi connectivity index (χ4v) is 2.77. The third-order valence-corrected chi connectivity index (χ3v) is 3.85. The van der Waals surface area contributed by atoms with Gasteiger partial charge in [-0.1, -0.05) is 12.8 Å². The number of aromatic nitrogens is 2. The Labute approximate surface area is 90.7 Å². The molecule has 0 spiro atoms. The summed E-state index contributed by atoms with van der Waals surface area (Å²) in [5.74, 6) is 2.63. The molecule has 15 heavy (non-hydrogen) atoms. The van der Waals surface area contributed by atoms with Gasteiger partial charge >= 0.3 is 0 Å². The summed E-state index contributed by atoms with van der Waals surface area (Å²) in [6, 6.07) is 0. The average molecular weight is 205 g/mol. The molecule has 1 aromatic rings. The smallest absolute Gasteiger partial charge is 0.109 e. The van der Waals surface area contributed by atoms with Crippen molar-refractivity contribution in [1.82, 2.24) is 15.3 Å². The summed E-state index contributed by atoms with van der Waals surface area (Å²) in [5, 5.41) is 3.31. The average Bonchev–Trinajstić information content (AvgIpc) is 2.72. The van der Waals surface area contributed by atoms with E-state index in [-0.39, 0.29) is 0 Å². The number of imidazole rings is 1. The molecule has 0 unspecified atom stereocenters. The van der Waals surface area contributed by atoms with Crippen molar-refractivity contribution in [2.75, 3.05) is 13.1 Å². The van der Waals surface area contributed by atoms with Crippen molar-refractivity contribution in [1.29, 1.82) is 0 Å². The molecular formula is C12H19N3. The number of aromatic amines is 1. The van der Waals surface area contributed by atoms with Crippen molar-refractivity contribution in [3.05, 3.63) is 17.2 Å². The van der Waals surface area contributed by atoms with Crippen LogP contribution >= 0.6 is 0 Å². The van der Waals surface area contributed by atoms with Gasteiger partial charge in [-0.25, -0.2) is 4.98 Å². The molecule has 0 atom stereocenters. The van der Waals surface area contributed by atoms with Gasteiger partial charge in [-0.2, -0.15) is 0 Å². The summed E-state index contributed by atoms with van der Waals surface area (Å²) < 4.78 is 0. The van der Waals surface area contributed by atoms with Crippen LogP contribution in [0.1, 0.15) is 54.7 Å². The summed E-state index contributed by atoms with van der Waals surface area (Å²) >= 11 is 0. The zero-order valence-corrected chi connectivity index (χ0v) is 9.34.